The van der Waals surface area contributed by atoms with E-state index in [-0.39, 0.29) is 23.2 Å². The van der Waals surface area contributed by atoms with Crippen molar-refractivity contribution in [3.63, 3.8) is 0 Å². The molecular formula is C13H15N5O3. The van der Waals surface area contributed by atoms with Crippen LogP contribution in [0.1, 0.15) is 18.3 Å². The molecule has 0 saturated heterocycles. The third kappa shape index (κ3) is 3.22. The molecule has 2 aromatic rings. The Hall–Kier alpha value is -2.77. The summed E-state index contributed by atoms with van der Waals surface area (Å²) in [5.41, 5.74) is 0.607. The molecule has 0 aliphatic rings. The van der Waals surface area contributed by atoms with Gasteiger partial charge in [-0.05, 0) is 32.9 Å². The molecule has 2 heterocycles. The van der Waals surface area contributed by atoms with Gasteiger partial charge in [0.15, 0.2) is 5.75 Å². The molecule has 1 N–H and O–H groups in total. The van der Waals surface area contributed by atoms with Crippen molar-refractivity contribution < 1.29 is 9.66 Å². The van der Waals surface area contributed by atoms with Crippen LogP contribution in [0.5, 0.6) is 11.6 Å². The summed E-state index contributed by atoms with van der Waals surface area (Å²) in [7, 11) is 0. The maximum atomic E-state index is 11.2. The molecule has 0 aromatic carbocycles. The van der Waals surface area contributed by atoms with Gasteiger partial charge in [0.25, 0.3) is 0 Å². The summed E-state index contributed by atoms with van der Waals surface area (Å²) >= 11 is 0. The number of anilines is 1. The second-order valence-corrected chi connectivity index (χ2v) is 4.26. The molecule has 8 nitrogen and oxygen atoms in total. The fourth-order valence-corrected chi connectivity index (χ4v) is 1.74. The summed E-state index contributed by atoms with van der Waals surface area (Å²) in [6.45, 7) is 5.78. The Labute approximate surface area is 121 Å². The zero-order valence-corrected chi connectivity index (χ0v) is 12.0. The number of rotatable bonds is 5. The molecule has 0 amide bonds. The molecule has 2 rings (SSSR count). The van der Waals surface area contributed by atoms with E-state index < -0.39 is 4.92 Å². The Morgan fingerprint density at radius 3 is 2.71 bits per heavy atom. The lowest BCUT2D eigenvalue weighted by Crippen LogP contribution is -2.07. The topological polar surface area (TPSA) is 103 Å². The van der Waals surface area contributed by atoms with Gasteiger partial charge in [0.2, 0.25) is 5.95 Å². The Morgan fingerprint density at radius 1 is 1.33 bits per heavy atom. The Balaban J connectivity index is 2.49. The van der Waals surface area contributed by atoms with Gasteiger partial charge in [-0.2, -0.15) is 4.98 Å². The lowest BCUT2D eigenvalue weighted by Gasteiger charge is -2.10. The lowest BCUT2D eigenvalue weighted by molar-refractivity contribution is -0.386. The minimum atomic E-state index is -0.550. The number of hydrogen-bond acceptors (Lipinski definition) is 7. The summed E-state index contributed by atoms with van der Waals surface area (Å²) in [6.07, 6.45) is 1.62. The van der Waals surface area contributed by atoms with E-state index >= 15 is 0 Å². The number of ether oxygens (including phenoxy) is 1. The zero-order chi connectivity index (χ0) is 15.4. The molecule has 0 fully saturated rings. The summed E-state index contributed by atoms with van der Waals surface area (Å²) in [6, 6.07) is 3.36. The maximum absolute atomic E-state index is 11.2. The SMILES string of the molecule is CCNc1nc(C)c([N+](=O)[O-])c(Oc2cccnc2C)n1. The van der Waals surface area contributed by atoms with E-state index in [1.165, 1.54) is 0 Å². The molecule has 0 atom stereocenters. The highest BCUT2D eigenvalue weighted by atomic mass is 16.6. The Morgan fingerprint density at radius 2 is 2.10 bits per heavy atom. The van der Waals surface area contributed by atoms with Gasteiger partial charge in [-0.25, -0.2) is 4.98 Å². The van der Waals surface area contributed by atoms with Crippen molar-refractivity contribution >= 4 is 11.6 Å². The first-order chi connectivity index (χ1) is 10.0. The number of pyridine rings is 1. The Kier molecular flexibility index (Phi) is 4.27. The van der Waals surface area contributed by atoms with Crippen LogP contribution in [0, 0.1) is 24.0 Å². The van der Waals surface area contributed by atoms with Crippen molar-refractivity contribution in [1.29, 1.82) is 0 Å². The predicted molar refractivity (Wildman–Crippen MR) is 76.6 cm³/mol. The van der Waals surface area contributed by atoms with E-state index in [0.717, 1.165) is 0 Å². The van der Waals surface area contributed by atoms with Gasteiger partial charge in [-0.15, -0.1) is 0 Å². The average Bonchev–Trinajstić information content (AvgIpc) is 2.41. The quantitative estimate of drug-likeness (QED) is 0.666. The molecule has 0 aliphatic heterocycles. The smallest absolute Gasteiger partial charge is 0.352 e. The van der Waals surface area contributed by atoms with Crippen LogP contribution in [-0.4, -0.2) is 26.4 Å². The Bertz CT molecular complexity index is 675. The van der Waals surface area contributed by atoms with Crippen LogP contribution in [0.2, 0.25) is 0 Å². The van der Waals surface area contributed by atoms with Crippen molar-refractivity contribution in [1.82, 2.24) is 15.0 Å². The monoisotopic (exact) mass is 289 g/mol. The summed E-state index contributed by atoms with van der Waals surface area (Å²) in [4.78, 5) is 22.8. The maximum Gasteiger partial charge on any atom is 0.352 e. The predicted octanol–water partition coefficient (Wildman–Crippen LogP) is 2.62. The van der Waals surface area contributed by atoms with Crippen LogP contribution >= 0.6 is 0 Å². The summed E-state index contributed by atoms with van der Waals surface area (Å²) in [5.74, 6) is 0.609. The number of nitro groups is 1. The molecule has 2 aromatic heterocycles. The minimum Gasteiger partial charge on any atom is -0.432 e. The fraction of sp³-hybridized carbons (Fsp3) is 0.308. The van der Waals surface area contributed by atoms with E-state index in [4.69, 9.17) is 4.74 Å². The van der Waals surface area contributed by atoms with Gasteiger partial charge < -0.3 is 10.1 Å². The normalized spacial score (nSPS) is 10.2. The van der Waals surface area contributed by atoms with Gasteiger partial charge >= 0.3 is 11.6 Å². The van der Waals surface area contributed by atoms with E-state index in [9.17, 15) is 10.1 Å². The standard InChI is InChI=1S/C13H15N5O3/c1-4-14-13-16-9(3)11(18(19)20)12(17-13)21-10-6-5-7-15-8(10)2/h5-7H,4H2,1-3H3,(H,14,16,17). The van der Waals surface area contributed by atoms with Crippen LogP contribution in [0.4, 0.5) is 11.6 Å². The molecule has 0 spiro atoms. The first kappa shape index (κ1) is 14.6. The van der Waals surface area contributed by atoms with Crippen molar-refractivity contribution in [2.75, 3.05) is 11.9 Å². The molecule has 0 unspecified atom stereocenters. The van der Waals surface area contributed by atoms with Crippen LogP contribution in [-0.2, 0) is 0 Å². The lowest BCUT2D eigenvalue weighted by atomic mass is 10.3. The summed E-state index contributed by atoms with van der Waals surface area (Å²) in [5, 5.41) is 14.1. The number of aryl methyl sites for hydroxylation is 2. The van der Waals surface area contributed by atoms with E-state index in [2.05, 4.69) is 20.3 Å². The molecule has 0 aliphatic carbocycles. The van der Waals surface area contributed by atoms with E-state index in [0.29, 0.717) is 18.0 Å². The molecule has 0 saturated carbocycles. The van der Waals surface area contributed by atoms with Crippen molar-refractivity contribution in [2.24, 2.45) is 0 Å². The second kappa shape index (κ2) is 6.12. The van der Waals surface area contributed by atoms with Crippen molar-refractivity contribution in [2.45, 2.75) is 20.8 Å². The van der Waals surface area contributed by atoms with Crippen LogP contribution in [0.3, 0.4) is 0 Å². The second-order valence-electron chi connectivity index (χ2n) is 4.26. The van der Waals surface area contributed by atoms with Crippen LogP contribution in [0.25, 0.3) is 0 Å². The van der Waals surface area contributed by atoms with Crippen molar-refractivity contribution in [3.05, 3.63) is 39.8 Å². The van der Waals surface area contributed by atoms with Gasteiger partial charge in [-0.3, -0.25) is 15.1 Å². The molecule has 0 radical (unpaired) electrons. The molecular weight excluding hydrogens is 274 g/mol. The number of nitrogens with zero attached hydrogens (tertiary/aromatic N) is 4. The van der Waals surface area contributed by atoms with Gasteiger partial charge in [0.1, 0.15) is 5.69 Å². The van der Waals surface area contributed by atoms with Gasteiger partial charge in [-0.1, -0.05) is 0 Å². The van der Waals surface area contributed by atoms with E-state index in [1.807, 2.05) is 6.92 Å². The van der Waals surface area contributed by atoms with Gasteiger partial charge in [0.05, 0.1) is 10.6 Å². The third-order valence-electron chi connectivity index (χ3n) is 2.71. The van der Waals surface area contributed by atoms with Gasteiger partial charge in [0, 0.05) is 12.7 Å². The summed E-state index contributed by atoms with van der Waals surface area (Å²) < 4.78 is 5.57. The largest absolute Gasteiger partial charge is 0.432 e. The first-order valence-electron chi connectivity index (χ1n) is 6.39. The minimum absolute atomic E-state index is 0.0976. The number of aromatic nitrogens is 3. The highest BCUT2D eigenvalue weighted by Gasteiger charge is 2.24. The molecule has 8 heteroatoms. The highest BCUT2D eigenvalue weighted by molar-refractivity contribution is 5.50. The zero-order valence-electron chi connectivity index (χ0n) is 12.0. The fourth-order valence-electron chi connectivity index (χ4n) is 1.74. The average molecular weight is 289 g/mol. The van der Waals surface area contributed by atoms with E-state index in [1.54, 1.807) is 32.2 Å². The molecule has 110 valence electrons. The van der Waals surface area contributed by atoms with Crippen LogP contribution in [0.15, 0.2) is 18.3 Å². The van der Waals surface area contributed by atoms with Crippen molar-refractivity contribution in [3.8, 4) is 11.6 Å². The first-order valence-corrected chi connectivity index (χ1v) is 6.39. The molecule has 0 bridgehead atoms. The third-order valence-corrected chi connectivity index (χ3v) is 2.71. The van der Waals surface area contributed by atoms with Crippen LogP contribution < -0.4 is 10.1 Å². The highest BCUT2D eigenvalue weighted by Crippen LogP contribution is 2.33. The number of hydrogen-bond donors (Lipinski definition) is 1. The number of nitrogens with one attached hydrogen (secondary N) is 1. The molecule has 21 heavy (non-hydrogen) atoms.